The van der Waals surface area contributed by atoms with E-state index in [0.29, 0.717) is 13.1 Å². The molecular weight excluding hydrogens is 312 g/mol. The van der Waals surface area contributed by atoms with Crippen LogP contribution in [0.15, 0.2) is 6.33 Å². The summed E-state index contributed by atoms with van der Waals surface area (Å²) < 4.78 is 0.992. The molecule has 23 heavy (non-hydrogen) atoms. The second kappa shape index (κ2) is 5.09. The average Bonchev–Trinajstić information content (AvgIpc) is 2.86. The number of amides is 1. The molecule has 0 unspecified atom stereocenters. The number of hydrogen-bond acceptors (Lipinski definition) is 7. The van der Waals surface area contributed by atoms with Crippen LogP contribution < -0.4 is 5.32 Å². The molecular formula is C15H16N6OS. The van der Waals surface area contributed by atoms with Crippen LogP contribution in [-0.4, -0.2) is 50.1 Å². The Balaban J connectivity index is 1.74. The largest absolute Gasteiger partial charge is 0.362 e. The van der Waals surface area contributed by atoms with Crippen molar-refractivity contribution >= 4 is 43.5 Å². The summed E-state index contributed by atoms with van der Waals surface area (Å²) in [5, 5.41) is 13.0. The predicted octanol–water partition coefficient (Wildman–Crippen LogP) is 1.89. The lowest BCUT2D eigenvalue weighted by Crippen LogP contribution is -2.56. The third-order valence-corrected chi connectivity index (χ3v) is 5.40. The summed E-state index contributed by atoms with van der Waals surface area (Å²) >= 11 is 1.55. The van der Waals surface area contributed by atoms with Gasteiger partial charge in [-0.15, -0.1) is 16.4 Å². The molecule has 0 aliphatic carbocycles. The van der Waals surface area contributed by atoms with Crippen molar-refractivity contribution in [2.75, 3.05) is 18.4 Å². The Morgan fingerprint density at radius 3 is 2.83 bits per heavy atom. The van der Waals surface area contributed by atoms with E-state index in [1.165, 1.54) is 0 Å². The van der Waals surface area contributed by atoms with Crippen molar-refractivity contribution in [3.05, 3.63) is 17.6 Å². The zero-order chi connectivity index (χ0) is 16.1. The maximum Gasteiger partial charge on any atom is 0.219 e. The highest BCUT2D eigenvalue weighted by atomic mass is 32.1. The molecule has 0 radical (unpaired) electrons. The number of fused-ring (bicyclic) bond motifs is 3. The molecule has 0 bridgehead atoms. The standard InChI is InChI=1S/C15H16N6OS/c1-7-8(2)19-20-15-11(7)12-13(23-15)14(17-6-16-12)18-10-4-21(5-10)9(3)22/h6,10H,4-5H2,1-3H3,(H,16,17,18). The SMILES string of the molecule is CC(=O)N1CC(Nc2ncnc3c2sc2nnc(C)c(C)c23)C1. The van der Waals surface area contributed by atoms with Crippen molar-refractivity contribution in [2.24, 2.45) is 0 Å². The highest BCUT2D eigenvalue weighted by Crippen LogP contribution is 2.36. The number of rotatable bonds is 2. The van der Waals surface area contributed by atoms with Gasteiger partial charge in [-0.1, -0.05) is 0 Å². The lowest BCUT2D eigenvalue weighted by molar-refractivity contribution is -0.132. The molecule has 4 rings (SSSR count). The van der Waals surface area contributed by atoms with Crippen molar-refractivity contribution in [1.82, 2.24) is 25.1 Å². The van der Waals surface area contributed by atoms with Gasteiger partial charge in [0.2, 0.25) is 5.91 Å². The number of carbonyl (C=O) groups is 1. The molecule has 0 saturated carbocycles. The molecule has 1 saturated heterocycles. The minimum atomic E-state index is 0.110. The Kier molecular flexibility index (Phi) is 3.15. The van der Waals surface area contributed by atoms with Crippen LogP contribution in [0.2, 0.25) is 0 Å². The van der Waals surface area contributed by atoms with Crippen LogP contribution in [0.5, 0.6) is 0 Å². The van der Waals surface area contributed by atoms with E-state index in [2.05, 4.69) is 25.5 Å². The van der Waals surface area contributed by atoms with E-state index in [4.69, 9.17) is 0 Å². The molecule has 0 spiro atoms. The van der Waals surface area contributed by atoms with E-state index in [1.54, 1.807) is 29.5 Å². The average molecular weight is 328 g/mol. The lowest BCUT2D eigenvalue weighted by Gasteiger charge is -2.39. The van der Waals surface area contributed by atoms with E-state index in [0.717, 1.165) is 37.5 Å². The number of carbonyl (C=O) groups excluding carboxylic acids is 1. The summed E-state index contributed by atoms with van der Waals surface area (Å²) in [5.74, 6) is 0.919. The molecule has 3 aromatic rings. The first-order valence-corrected chi connectivity index (χ1v) is 8.25. The number of anilines is 1. The van der Waals surface area contributed by atoms with Gasteiger partial charge in [0.25, 0.3) is 0 Å². The van der Waals surface area contributed by atoms with Gasteiger partial charge in [-0.2, -0.15) is 5.10 Å². The smallest absolute Gasteiger partial charge is 0.219 e. The number of nitrogens with one attached hydrogen (secondary N) is 1. The fourth-order valence-corrected chi connectivity index (χ4v) is 3.89. The van der Waals surface area contributed by atoms with Crippen LogP contribution in [-0.2, 0) is 4.79 Å². The third kappa shape index (κ3) is 2.21. The summed E-state index contributed by atoms with van der Waals surface area (Å²) in [6.07, 6.45) is 1.58. The monoisotopic (exact) mass is 328 g/mol. The molecule has 4 heterocycles. The molecule has 3 aromatic heterocycles. The second-order valence-electron chi connectivity index (χ2n) is 5.86. The van der Waals surface area contributed by atoms with Crippen LogP contribution in [0.1, 0.15) is 18.2 Å². The summed E-state index contributed by atoms with van der Waals surface area (Å²) in [6.45, 7) is 7.02. The van der Waals surface area contributed by atoms with Crippen LogP contribution in [0.3, 0.4) is 0 Å². The Hall–Kier alpha value is -2.35. The molecule has 1 aliphatic heterocycles. The van der Waals surface area contributed by atoms with E-state index >= 15 is 0 Å². The summed E-state index contributed by atoms with van der Waals surface area (Å²) in [7, 11) is 0. The molecule has 1 amide bonds. The van der Waals surface area contributed by atoms with E-state index in [1.807, 2.05) is 13.8 Å². The van der Waals surface area contributed by atoms with Gasteiger partial charge in [-0.3, -0.25) is 4.79 Å². The van der Waals surface area contributed by atoms with Crippen molar-refractivity contribution in [3.63, 3.8) is 0 Å². The molecule has 0 atom stereocenters. The summed E-state index contributed by atoms with van der Waals surface area (Å²) in [4.78, 5) is 22.8. The molecule has 0 aromatic carbocycles. The van der Waals surface area contributed by atoms with E-state index in [-0.39, 0.29) is 11.9 Å². The normalized spacial score (nSPS) is 15.2. The number of thiophene rings is 1. The summed E-state index contributed by atoms with van der Waals surface area (Å²) in [5.41, 5.74) is 2.94. The molecule has 1 N–H and O–H groups in total. The zero-order valence-electron chi connectivity index (χ0n) is 13.1. The van der Waals surface area contributed by atoms with Crippen LogP contribution in [0.25, 0.3) is 20.4 Å². The maximum atomic E-state index is 11.3. The minimum absolute atomic E-state index is 0.110. The Bertz CT molecular complexity index is 931. The molecule has 1 aliphatic rings. The van der Waals surface area contributed by atoms with Gasteiger partial charge >= 0.3 is 0 Å². The second-order valence-corrected chi connectivity index (χ2v) is 6.86. The zero-order valence-corrected chi connectivity index (χ0v) is 13.9. The van der Waals surface area contributed by atoms with Crippen molar-refractivity contribution in [2.45, 2.75) is 26.8 Å². The Labute approximate surface area is 136 Å². The van der Waals surface area contributed by atoms with E-state index in [9.17, 15) is 4.79 Å². The van der Waals surface area contributed by atoms with Gasteiger partial charge in [0.1, 0.15) is 17.0 Å². The first-order chi connectivity index (χ1) is 11.0. The minimum Gasteiger partial charge on any atom is -0.362 e. The number of likely N-dealkylation sites (tertiary alicyclic amines) is 1. The molecule has 1 fully saturated rings. The topological polar surface area (TPSA) is 83.9 Å². The first kappa shape index (κ1) is 14.3. The maximum absolute atomic E-state index is 11.3. The van der Waals surface area contributed by atoms with Gasteiger partial charge in [0.15, 0.2) is 0 Å². The predicted molar refractivity (Wildman–Crippen MR) is 89.6 cm³/mol. The first-order valence-electron chi connectivity index (χ1n) is 7.43. The fraction of sp³-hybridized carbons (Fsp3) is 0.400. The quantitative estimate of drug-likeness (QED) is 0.773. The van der Waals surface area contributed by atoms with Gasteiger partial charge in [-0.05, 0) is 19.4 Å². The molecule has 8 heteroatoms. The lowest BCUT2D eigenvalue weighted by atomic mass is 10.1. The van der Waals surface area contributed by atoms with Crippen LogP contribution in [0.4, 0.5) is 5.82 Å². The van der Waals surface area contributed by atoms with Gasteiger partial charge in [-0.25, -0.2) is 9.97 Å². The Morgan fingerprint density at radius 1 is 1.30 bits per heavy atom. The molecule has 7 nitrogen and oxygen atoms in total. The fourth-order valence-electron chi connectivity index (χ4n) is 2.81. The van der Waals surface area contributed by atoms with E-state index < -0.39 is 0 Å². The van der Waals surface area contributed by atoms with Crippen LogP contribution in [0, 0.1) is 13.8 Å². The van der Waals surface area contributed by atoms with Crippen LogP contribution >= 0.6 is 11.3 Å². The van der Waals surface area contributed by atoms with Crippen molar-refractivity contribution in [3.8, 4) is 0 Å². The van der Waals surface area contributed by atoms with Gasteiger partial charge in [0.05, 0.1) is 22.0 Å². The number of hydrogen-bond donors (Lipinski definition) is 1. The number of aryl methyl sites for hydroxylation is 2. The third-order valence-electron chi connectivity index (χ3n) is 4.33. The Morgan fingerprint density at radius 2 is 2.09 bits per heavy atom. The highest BCUT2D eigenvalue weighted by molar-refractivity contribution is 7.25. The highest BCUT2D eigenvalue weighted by Gasteiger charge is 2.29. The van der Waals surface area contributed by atoms with Crippen molar-refractivity contribution < 1.29 is 4.79 Å². The summed E-state index contributed by atoms with van der Waals surface area (Å²) in [6, 6.07) is 0.233. The van der Waals surface area contributed by atoms with Crippen molar-refractivity contribution in [1.29, 1.82) is 0 Å². The molecule has 118 valence electrons. The number of nitrogens with zero attached hydrogens (tertiary/aromatic N) is 5. The number of aromatic nitrogens is 4. The van der Waals surface area contributed by atoms with Gasteiger partial charge in [0, 0.05) is 25.4 Å². The van der Waals surface area contributed by atoms with Gasteiger partial charge < -0.3 is 10.2 Å².